The fourth-order valence-electron chi connectivity index (χ4n) is 5.29. The van der Waals surface area contributed by atoms with Gasteiger partial charge in [-0.15, -0.1) is 0 Å². The van der Waals surface area contributed by atoms with Crippen LogP contribution in [0.25, 0.3) is 11.0 Å². The van der Waals surface area contributed by atoms with Gasteiger partial charge in [0.25, 0.3) is 6.47 Å². The fraction of sp³-hybridized carbons (Fsp3) is 0.417. The van der Waals surface area contributed by atoms with E-state index >= 15 is 0 Å². The number of aromatic nitrogens is 2. The summed E-state index contributed by atoms with van der Waals surface area (Å²) >= 11 is 0. The maximum atomic E-state index is 9.68. The molecule has 1 aliphatic heterocycles. The van der Waals surface area contributed by atoms with E-state index in [-0.39, 0.29) is 31.1 Å². The zero-order valence-corrected chi connectivity index (χ0v) is 17.6. The number of carboxylic acid groups (broad SMARTS) is 1. The van der Waals surface area contributed by atoms with Crippen LogP contribution in [0.3, 0.4) is 0 Å². The van der Waals surface area contributed by atoms with Crippen LogP contribution in [0.1, 0.15) is 24.4 Å². The van der Waals surface area contributed by atoms with Crippen molar-refractivity contribution in [3.63, 3.8) is 0 Å². The summed E-state index contributed by atoms with van der Waals surface area (Å²) in [5, 5.41) is 26.3. The first kappa shape index (κ1) is 21.5. The molecule has 0 amide bonds. The summed E-state index contributed by atoms with van der Waals surface area (Å²) in [7, 11) is 0. The SMILES string of the molecule is CC(c1ccccc1)n1c(CN2CC3C(C2)C3(CO)CO)nc2ccccc21.O=CO. The number of nitrogens with zero attached hydrogens (tertiary/aromatic N) is 3. The molecular weight excluding hydrogens is 394 g/mol. The summed E-state index contributed by atoms with van der Waals surface area (Å²) in [6.45, 7) is 4.82. The van der Waals surface area contributed by atoms with E-state index in [1.807, 2.05) is 12.1 Å². The normalized spacial score (nSPS) is 22.4. The molecule has 1 saturated carbocycles. The van der Waals surface area contributed by atoms with Crippen molar-refractivity contribution in [1.82, 2.24) is 14.5 Å². The summed E-state index contributed by atoms with van der Waals surface area (Å²) in [6, 6.07) is 19.1. The van der Waals surface area contributed by atoms with Crippen molar-refractivity contribution in [3.05, 3.63) is 66.0 Å². The minimum Gasteiger partial charge on any atom is -0.483 e. The van der Waals surface area contributed by atoms with Gasteiger partial charge in [0, 0.05) is 18.5 Å². The number of carbonyl (C=O) groups is 1. The Morgan fingerprint density at radius 1 is 1.06 bits per heavy atom. The predicted octanol–water partition coefficient (Wildman–Crippen LogP) is 2.38. The predicted molar refractivity (Wildman–Crippen MR) is 118 cm³/mol. The van der Waals surface area contributed by atoms with Gasteiger partial charge in [-0.25, -0.2) is 4.98 Å². The molecule has 164 valence electrons. The number of aliphatic hydroxyl groups excluding tert-OH is 2. The molecule has 31 heavy (non-hydrogen) atoms. The standard InChI is InChI=1S/C23H27N3O2.CH2O2/c1-16(17-7-3-2-4-8-17)26-21-10-6-5-9-20(21)24-22(26)13-25-11-18-19(12-25)23(18,14-27)15-28;2-1-3/h2-10,16,18-19,27-28H,11-15H2,1H3;1H,(H,2,3). The third kappa shape index (κ3) is 3.73. The maximum absolute atomic E-state index is 9.68. The summed E-state index contributed by atoms with van der Waals surface area (Å²) in [4.78, 5) is 15.7. The van der Waals surface area contributed by atoms with Gasteiger partial charge < -0.3 is 19.9 Å². The number of hydrogen-bond donors (Lipinski definition) is 3. The van der Waals surface area contributed by atoms with Gasteiger partial charge in [-0.2, -0.15) is 0 Å². The quantitative estimate of drug-likeness (QED) is 0.527. The summed E-state index contributed by atoms with van der Waals surface area (Å²) in [6.07, 6.45) is 0. The van der Waals surface area contributed by atoms with E-state index in [0.717, 1.165) is 31.0 Å². The van der Waals surface area contributed by atoms with Crippen LogP contribution in [-0.2, 0) is 11.3 Å². The molecule has 3 unspecified atom stereocenters. The van der Waals surface area contributed by atoms with Crippen molar-refractivity contribution in [2.24, 2.45) is 17.3 Å². The van der Waals surface area contributed by atoms with Gasteiger partial charge in [0.2, 0.25) is 0 Å². The molecule has 7 heteroatoms. The van der Waals surface area contributed by atoms with E-state index in [2.05, 4.69) is 58.9 Å². The number of fused-ring (bicyclic) bond motifs is 2. The lowest BCUT2D eigenvalue weighted by atomic mass is 10.0. The molecule has 3 N–H and O–H groups in total. The lowest BCUT2D eigenvalue weighted by Crippen LogP contribution is -2.32. The highest BCUT2D eigenvalue weighted by Crippen LogP contribution is 2.62. The third-order valence-corrected chi connectivity index (χ3v) is 7.06. The topological polar surface area (TPSA) is 98.8 Å². The van der Waals surface area contributed by atoms with Gasteiger partial charge in [-0.3, -0.25) is 9.69 Å². The minimum atomic E-state index is -0.250. The molecule has 2 fully saturated rings. The fourth-order valence-corrected chi connectivity index (χ4v) is 5.29. The van der Waals surface area contributed by atoms with Crippen LogP contribution < -0.4 is 0 Å². The highest BCUT2D eigenvalue weighted by atomic mass is 16.3. The summed E-state index contributed by atoms with van der Waals surface area (Å²) in [5.41, 5.74) is 3.23. The largest absolute Gasteiger partial charge is 0.483 e. The number of rotatable bonds is 6. The lowest BCUT2D eigenvalue weighted by Gasteiger charge is -2.25. The zero-order chi connectivity index (χ0) is 22.0. The van der Waals surface area contributed by atoms with Crippen LogP contribution in [-0.4, -0.2) is 62.5 Å². The van der Waals surface area contributed by atoms with Crippen molar-refractivity contribution in [2.45, 2.75) is 19.5 Å². The highest BCUT2D eigenvalue weighted by molar-refractivity contribution is 5.76. The molecule has 3 aromatic rings. The van der Waals surface area contributed by atoms with Crippen molar-refractivity contribution in [2.75, 3.05) is 26.3 Å². The summed E-state index contributed by atoms with van der Waals surface area (Å²) in [5.74, 6) is 1.90. The van der Waals surface area contributed by atoms with E-state index in [4.69, 9.17) is 14.9 Å². The Morgan fingerprint density at radius 2 is 1.65 bits per heavy atom. The molecule has 0 radical (unpaired) electrons. The molecular formula is C24H29N3O4. The minimum absolute atomic E-state index is 0.0935. The monoisotopic (exact) mass is 423 g/mol. The lowest BCUT2D eigenvalue weighted by molar-refractivity contribution is -0.122. The zero-order valence-electron chi connectivity index (χ0n) is 17.6. The number of aliphatic hydroxyl groups is 2. The molecule has 1 aliphatic carbocycles. The average Bonchev–Trinajstić information content (AvgIpc) is 3.08. The first-order valence-electron chi connectivity index (χ1n) is 10.6. The first-order chi connectivity index (χ1) is 15.1. The Balaban J connectivity index is 0.000000730. The molecule has 7 nitrogen and oxygen atoms in total. The number of imidazole rings is 1. The van der Waals surface area contributed by atoms with Crippen LogP contribution in [0.15, 0.2) is 54.6 Å². The van der Waals surface area contributed by atoms with Crippen molar-refractivity contribution in [3.8, 4) is 0 Å². The Labute approximate surface area is 181 Å². The maximum Gasteiger partial charge on any atom is 0.290 e. The molecule has 2 heterocycles. The smallest absolute Gasteiger partial charge is 0.290 e. The van der Waals surface area contributed by atoms with Crippen LogP contribution in [0.2, 0.25) is 0 Å². The van der Waals surface area contributed by atoms with Crippen LogP contribution in [0.5, 0.6) is 0 Å². The highest BCUT2D eigenvalue weighted by Gasteiger charge is 2.67. The van der Waals surface area contributed by atoms with E-state index in [0.29, 0.717) is 11.8 Å². The number of para-hydroxylation sites is 2. The molecule has 3 atom stereocenters. The van der Waals surface area contributed by atoms with Crippen molar-refractivity contribution in [1.29, 1.82) is 0 Å². The second-order valence-corrected chi connectivity index (χ2v) is 8.54. The second kappa shape index (κ2) is 8.78. The van der Waals surface area contributed by atoms with E-state index < -0.39 is 0 Å². The average molecular weight is 424 g/mol. The second-order valence-electron chi connectivity index (χ2n) is 8.54. The Hall–Kier alpha value is -2.74. The molecule has 5 rings (SSSR count). The molecule has 1 saturated heterocycles. The van der Waals surface area contributed by atoms with Crippen LogP contribution >= 0.6 is 0 Å². The summed E-state index contributed by atoms with van der Waals surface area (Å²) < 4.78 is 2.36. The number of benzene rings is 2. The number of hydrogen-bond acceptors (Lipinski definition) is 5. The van der Waals surface area contributed by atoms with E-state index in [1.165, 1.54) is 11.1 Å². The van der Waals surface area contributed by atoms with Crippen molar-refractivity contribution >= 4 is 17.5 Å². The molecule has 2 aromatic carbocycles. The van der Waals surface area contributed by atoms with Gasteiger partial charge in [0.15, 0.2) is 0 Å². The van der Waals surface area contributed by atoms with Gasteiger partial charge in [-0.05, 0) is 36.5 Å². The number of likely N-dealkylation sites (tertiary alicyclic amines) is 1. The van der Waals surface area contributed by atoms with Gasteiger partial charge in [0.1, 0.15) is 5.82 Å². The Bertz CT molecular complexity index is 1020. The van der Waals surface area contributed by atoms with Crippen molar-refractivity contribution < 1.29 is 20.1 Å². The van der Waals surface area contributed by atoms with Gasteiger partial charge >= 0.3 is 0 Å². The molecule has 0 spiro atoms. The Kier molecular flexibility index (Phi) is 6.09. The molecule has 1 aromatic heterocycles. The van der Waals surface area contributed by atoms with E-state index in [1.54, 1.807) is 0 Å². The third-order valence-electron chi connectivity index (χ3n) is 7.06. The Morgan fingerprint density at radius 3 is 2.26 bits per heavy atom. The molecule has 0 bridgehead atoms. The number of piperidine rings is 1. The van der Waals surface area contributed by atoms with Crippen LogP contribution in [0.4, 0.5) is 0 Å². The first-order valence-corrected chi connectivity index (χ1v) is 10.6. The van der Waals surface area contributed by atoms with E-state index in [9.17, 15) is 10.2 Å². The molecule has 2 aliphatic rings. The van der Waals surface area contributed by atoms with Crippen LogP contribution in [0, 0.1) is 17.3 Å². The van der Waals surface area contributed by atoms with Gasteiger partial charge in [0.05, 0.1) is 36.8 Å². The van der Waals surface area contributed by atoms with Gasteiger partial charge in [-0.1, -0.05) is 42.5 Å².